The maximum Gasteiger partial charge on any atom is 0.338 e. The van der Waals surface area contributed by atoms with Crippen LogP contribution in [0.1, 0.15) is 30.6 Å². The third kappa shape index (κ3) is 4.53. The maximum atomic E-state index is 12.1. The lowest BCUT2D eigenvalue weighted by molar-refractivity contribution is -0.187. The Labute approximate surface area is 133 Å². The molecule has 23 heavy (non-hydrogen) atoms. The van der Waals surface area contributed by atoms with Gasteiger partial charge in [0, 0.05) is 19.9 Å². The van der Waals surface area contributed by atoms with E-state index < -0.39 is 30.4 Å². The fourth-order valence-electron chi connectivity index (χ4n) is 2.23. The molecule has 0 saturated carbocycles. The quantitative estimate of drug-likeness (QED) is 0.815. The zero-order chi connectivity index (χ0) is 16.8. The first-order valence-corrected chi connectivity index (χ1v) is 7.37. The number of rotatable bonds is 5. The van der Waals surface area contributed by atoms with Crippen molar-refractivity contribution in [2.24, 2.45) is 0 Å². The van der Waals surface area contributed by atoms with Crippen molar-refractivity contribution in [2.45, 2.75) is 38.8 Å². The van der Waals surface area contributed by atoms with Crippen LogP contribution in [0, 0.1) is 0 Å². The molecule has 1 amide bonds. The van der Waals surface area contributed by atoms with Gasteiger partial charge in [-0.25, -0.2) is 4.79 Å². The van der Waals surface area contributed by atoms with Gasteiger partial charge in [-0.15, -0.1) is 0 Å². The van der Waals surface area contributed by atoms with Crippen molar-refractivity contribution < 1.29 is 28.6 Å². The summed E-state index contributed by atoms with van der Waals surface area (Å²) in [5, 5.41) is 2.62. The minimum absolute atomic E-state index is 0.127. The number of carbonyl (C=O) groups is 3. The smallest absolute Gasteiger partial charge is 0.338 e. The zero-order valence-electron chi connectivity index (χ0n) is 13.0. The van der Waals surface area contributed by atoms with Gasteiger partial charge in [-0.05, 0) is 19.1 Å². The highest BCUT2D eigenvalue weighted by Crippen LogP contribution is 2.25. The van der Waals surface area contributed by atoms with Crippen LogP contribution in [0.3, 0.4) is 0 Å². The van der Waals surface area contributed by atoms with Crippen LogP contribution in [0.2, 0.25) is 0 Å². The SMILES string of the molecule is CCNC(=O)[C@@H]1C[C@@H](OC(=O)c2ccccc2)[C@H](OC(C)=O)O1. The zero-order valence-corrected chi connectivity index (χ0v) is 13.0. The van der Waals surface area contributed by atoms with Gasteiger partial charge in [-0.3, -0.25) is 9.59 Å². The van der Waals surface area contributed by atoms with E-state index in [0.717, 1.165) is 0 Å². The van der Waals surface area contributed by atoms with Gasteiger partial charge in [-0.1, -0.05) is 18.2 Å². The molecule has 1 aliphatic rings. The Morgan fingerprint density at radius 2 is 1.91 bits per heavy atom. The fraction of sp³-hybridized carbons (Fsp3) is 0.438. The van der Waals surface area contributed by atoms with Gasteiger partial charge >= 0.3 is 11.9 Å². The van der Waals surface area contributed by atoms with Crippen LogP contribution in [0.15, 0.2) is 30.3 Å². The summed E-state index contributed by atoms with van der Waals surface area (Å²) in [6, 6.07) is 8.42. The molecule has 0 unspecified atom stereocenters. The van der Waals surface area contributed by atoms with Crippen LogP contribution in [0.25, 0.3) is 0 Å². The molecule has 0 aromatic heterocycles. The average Bonchev–Trinajstić information content (AvgIpc) is 2.90. The molecular weight excluding hydrogens is 302 g/mol. The van der Waals surface area contributed by atoms with Crippen molar-refractivity contribution in [3.05, 3.63) is 35.9 Å². The van der Waals surface area contributed by atoms with Crippen LogP contribution in [0.5, 0.6) is 0 Å². The normalized spacial score (nSPS) is 23.1. The number of amides is 1. The highest BCUT2D eigenvalue weighted by molar-refractivity contribution is 5.89. The summed E-state index contributed by atoms with van der Waals surface area (Å²) in [5.74, 6) is -1.47. The number of likely N-dealkylation sites (N-methyl/N-ethyl adjacent to an activating group) is 1. The molecule has 1 N–H and O–H groups in total. The first kappa shape index (κ1) is 17.0. The number of hydrogen-bond acceptors (Lipinski definition) is 6. The molecule has 3 atom stereocenters. The number of benzene rings is 1. The summed E-state index contributed by atoms with van der Waals surface area (Å²) in [6.07, 6.45) is -2.62. The second-order valence-electron chi connectivity index (χ2n) is 5.04. The van der Waals surface area contributed by atoms with E-state index in [4.69, 9.17) is 14.2 Å². The van der Waals surface area contributed by atoms with E-state index >= 15 is 0 Å². The van der Waals surface area contributed by atoms with E-state index in [9.17, 15) is 14.4 Å². The number of hydrogen-bond donors (Lipinski definition) is 1. The van der Waals surface area contributed by atoms with Gasteiger partial charge < -0.3 is 19.5 Å². The van der Waals surface area contributed by atoms with E-state index in [2.05, 4.69) is 5.32 Å². The molecule has 1 aromatic carbocycles. The standard InChI is InChI=1S/C16H19NO6/c1-3-17-14(19)12-9-13(16(23-12)21-10(2)18)22-15(20)11-7-5-4-6-8-11/h4-8,12-13,16H,3,9H2,1-2H3,(H,17,19)/t12-,13+,16+/m0/s1. The Balaban J connectivity index is 2.05. The minimum atomic E-state index is -1.09. The molecule has 2 rings (SSSR count). The number of esters is 2. The highest BCUT2D eigenvalue weighted by Gasteiger charge is 2.43. The number of ether oxygens (including phenoxy) is 3. The summed E-state index contributed by atoms with van der Waals surface area (Å²) in [7, 11) is 0. The second-order valence-corrected chi connectivity index (χ2v) is 5.04. The third-order valence-electron chi connectivity index (χ3n) is 3.24. The molecule has 7 nitrogen and oxygen atoms in total. The summed E-state index contributed by atoms with van der Waals surface area (Å²) in [6.45, 7) is 3.45. The van der Waals surface area contributed by atoms with Crippen molar-refractivity contribution in [2.75, 3.05) is 6.54 Å². The van der Waals surface area contributed by atoms with E-state index in [1.807, 2.05) is 0 Å². The van der Waals surface area contributed by atoms with Gasteiger partial charge in [-0.2, -0.15) is 0 Å². The molecule has 0 spiro atoms. The number of carbonyl (C=O) groups excluding carboxylic acids is 3. The summed E-state index contributed by atoms with van der Waals surface area (Å²) < 4.78 is 15.8. The summed E-state index contributed by atoms with van der Waals surface area (Å²) in [4.78, 5) is 35.1. The lowest BCUT2D eigenvalue weighted by Gasteiger charge is -2.18. The predicted molar refractivity (Wildman–Crippen MR) is 79.4 cm³/mol. The van der Waals surface area contributed by atoms with E-state index in [-0.39, 0.29) is 12.3 Å². The summed E-state index contributed by atoms with van der Waals surface area (Å²) >= 11 is 0. The topological polar surface area (TPSA) is 90.9 Å². The van der Waals surface area contributed by atoms with E-state index in [1.165, 1.54) is 6.92 Å². The Bertz CT molecular complexity index is 573. The van der Waals surface area contributed by atoms with E-state index in [0.29, 0.717) is 12.1 Å². The van der Waals surface area contributed by atoms with Crippen LogP contribution < -0.4 is 5.32 Å². The molecule has 0 radical (unpaired) electrons. The highest BCUT2D eigenvalue weighted by atomic mass is 16.7. The molecule has 124 valence electrons. The Kier molecular flexibility index (Phi) is 5.70. The molecule has 1 saturated heterocycles. The molecule has 1 aliphatic heterocycles. The number of nitrogens with one attached hydrogen (secondary N) is 1. The van der Waals surface area contributed by atoms with Gasteiger partial charge in [0.05, 0.1) is 5.56 Å². The van der Waals surface area contributed by atoms with Crippen LogP contribution >= 0.6 is 0 Å². The summed E-state index contributed by atoms with van der Waals surface area (Å²) in [5.41, 5.74) is 0.371. The molecule has 7 heteroatoms. The van der Waals surface area contributed by atoms with Crippen LogP contribution in [0.4, 0.5) is 0 Å². The van der Waals surface area contributed by atoms with Crippen molar-refractivity contribution in [3.8, 4) is 0 Å². The van der Waals surface area contributed by atoms with Crippen molar-refractivity contribution >= 4 is 17.8 Å². The van der Waals surface area contributed by atoms with Gasteiger partial charge in [0.1, 0.15) is 6.10 Å². The molecule has 0 bridgehead atoms. The van der Waals surface area contributed by atoms with Crippen LogP contribution in [-0.2, 0) is 23.8 Å². The van der Waals surface area contributed by atoms with Crippen LogP contribution in [-0.4, -0.2) is 42.9 Å². The lowest BCUT2D eigenvalue weighted by Crippen LogP contribution is -2.34. The van der Waals surface area contributed by atoms with E-state index in [1.54, 1.807) is 37.3 Å². The van der Waals surface area contributed by atoms with Crippen molar-refractivity contribution in [3.63, 3.8) is 0 Å². The lowest BCUT2D eigenvalue weighted by atomic mass is 10.2. The molecule has 1 heterocycles. The molecule has 0 aliphatic carbocycles. The third-order valence-corrected chi connectivity index (χ3v) is 3.24. The van der Waals surface area contributed by atoms with Gasteiger partial charge in [0.15, 0.2) is 6.10 Å². The largest absolute Gasteiger partial charge is 0.452 e. The predicted octanol–water partition coefficient (Wildman–Crippen LogP) is 1.03. The van der Waals surface area contributed by atoms with Gasteiger partial charge in [0.25, 0.3) is 0 Å². The average molecular weight is 321 g/mol. The first-order chi connectivity index (χ1) is 11.0. The molecule has 1 fully saturated rings. The Hall–Kier alpha value is -2.41. The van der Waals surface area contributed by atoms with Gasteiger partial charge in [0.2, 0.25) is 12.2 Å². The Morgan fingerprint density at radius 1 is 1.22 bits per heavy atom. The molecule has 1 aromatic rings. The monoisotopic (exact) mass is 321 g/mol. The molecular formula is C16H19NO6. The fourth-order valence-corrected chi connectivity index (χ4v) is 2.23. The first-order valence-electron chi connectivity index (χ1n) is 7.37. The minimum Gasteiger partial charge on any atom is -0.452 e. The Morgan fingerprint density at radius 3 is 2.52 bits per heavy atom. The van der Waals surface area contributed by atoms with Crippen molar-refractivity contribution in [1.82, 2.24) is 5.32 Å². The van der Waals surface area contributed by atoms with Crippen molar-refractivity contribution in [1.29, 1.82) is 0 Å². The maximum absolute atomic E-state index is 12.1. The second kappa shape index (κ2) is 7.73.